The molecule has 1 atom stereocenters. The van der Waals surface area contributed by atoms with Crippen LogP contribution in [-0.2, 0) is 14.3 Å². The van der Waals surface area contributed by atoms with E-state index in [9.17, 15) is 9.59 Å². The lowest BCUT2D eigenvalue weighted by atomic mass is 10.2. The van der Waals surface area contributed by atoms with Crippen molar-refractivity contribution < 1.29 is 19.4 Å². The fourth-order valence-electron chi connectivity index (χ4n) is 0.965. The van der Waals surface area contributed by atoms with Crippen molar-refractivity contribution in [2.45, 2.75) is 18.9 Å². The number of hydrazine groups is 1. The van der Waals surface area contributed by atoms with E-state index >= 15 is 0 Å². The van der Waals surface area contributed by atoms with Crippen molar-refractivity contribution in [2.24, 2.45) is 5.73 Å². The Balaban J connectivity index is 3.40. The Morgan fingerprint density at radius 3 is 2.81 bits per heavy atom. The quantitative estimate of drug-likeness (QED) is 0.185. The van der Waals surface area contributed by atoms with E-state index in [0.717, 1.165) is 0 Å². The molecule has 0 aliphatic rings. The molecule has 0 bridgehead atoms. The van der Waals surface area contributed by atoms with Crippen LogP contribution >= 0.6 is 0 Å². The van der Waals surface area contributed by atoms with Gasteiger partial charge in [-0.2, -0.15) is 0 Å². The molecule has 5 N–H and O–H groups in total. The van der Waals surface area contributed by atoms with Crippen LogP contribution in [0, 0.1) is 0 Å². The number of primary amides is 1. The molecule has 1 amide bonds. The summed E-state index contributed by atoms with van der Waals surface area (Å²) in [6.45, 7) is 1.21. The normalized spacial score (nSPS) is 12.3. The molecule has 0 spiro atoms. The van der Waals surface area contributed by atoms with Crippen LogP contribution in [0.5, 0.6) is 0 Å². The molecule has 0 heterocycles. The first-order chi connectivity index (χ1) is 7.70. The smallest absolute Gasteiger partial charge is 0.217 e. The molecule has 0 saturated heterocycles. The Labute approximate surface area is 94.3 Å². The maximum Gasteiger partial charge on any atom is 0.217 e. The summed E-state index contributed by atoms with van der Waals surface area (Å²) in [7, 11) is 0. The lowest BCUT2D eigenvalue weighted by Gasteiger charge is -2.12. The molecule has 0 aliphatic carbocycles. The van der Waals surface area contributed by atoms with Crippen LogP contribution in [0.3, 0.4) is 0 Å². The number of amides is 1. The number of nitrogens with one attached hydrogen (secondary N) is 2. The van der Waals surface area contributed by atoms with Gasteiger partial charge in [0.2, 0.25) is 5.91 Å². The van der Waals surface area contributed by atoms with Crippen molar-refractivity contribution in [1.29, 1.82) is 0 Å². The highest BCUT2D eigenvalue weighted by molar-refractivity contribution is 5.74. The van der Waals surface area contributed by atoms with Crippen LogP contribution in [-0.4, -0.2) is 49.7 Å². The van der Waals surface area contributed by atoms with Gasteiger partial charge in [0.1, 0.15) is 6.29 Å². The van der Waals surface area contributed by atoms with Gasteiger partial charge in [-0.1, -0.05) is 0 Å². The third-order valence-corrected chi connectivity index (χ3v) is 1.76. The van der Waals surface area contributed by atoms with Gasteiger partial charge in [-0.05, 0) is 6.42 Å². The maximum absolute atomic E-state index is 10.6. The van der Waals surface area contributed by atoms with E-state index in [-0.39, 0.29) is 13.0 Å². The molecule has 0 saturated carbocycles. The first-order valence-electron chi connectivity index (χ1n) is 5.11. The number of hydrogen-bond donors (Lipinski definition) is 4. The van der Waals surface area contributed by atoms with Crippen LogP contribution in [0.1, 0.15) is 12.8 Å². The van der Waals surface area contributed by atoms with Crippen molar-refractivity contribution in [3.63, 3.8) is 0 Å². The summed E-state index contributed by atoms with van der Waals surface area (Å²) in [5.41, 5.74) is 10.5. The molecule has 0 fully saturated rings. The first-order valence-corrected chi connectivity index (χ1v) is 5.11. The number of aliphatic hydroxyl groups is 1. The van der Waals surface area contributed by atoms with Crippen LogP contribution in [0.15, 0.2) is 0 Å². The Morgan fingerprint density at radius 2 is 2.25 bits per heavy atom. The van der Waals surface area contributed by atoms with Gasteiger partial charge in [0.25, 0.3) is 0 Å². The molecular formula is C9H19N3O4. The third kappa shape index (κ3) is 9.53. The van der Waals surface area contributed by atoms with Gasteiger partial charge < -0.3 is 20.4 Å². The molecule has 0 aromatic carbocycles. The Hall–Kier alpha value is -1.02. The Bertz CT molecular complexity index is 201. The second-order valence-electron chi connectivity index (χ2n) is 3.15. The van der Waals surface area contributed by atoms with Crippen molar-refractivity contribution in [3.8, 4) is 0 Å². The van der Waals surface area contributed by atoms with Gasteiger partial charge in [-0.15, -0.1) is 0 Å². The molecule has 0 rings (SSSR count). The van der Waals surface area contributed by atoms with E-state index in [1.807, 2.05) is 0 Å². The minimum atomic E-state index is -0.439. The van der Waals surface area contributed by atoms with E-state index in [1.54, 1.807) is 0 Å². The number of rotatable bonds is 11. The van der Waals surface area contributed by atoms with E-state index < -0.39 is 11.9 Å². The number of carbonyl (C=O) groups excluding carboxylic acids is 2. The molecule has 0 aromatic heterocycles. The Morgan fingerprint density at radius 1 is 1.50 bits per heavy atom. The van der Waals surface area contributed by atoms with Gasteiger partial charge in [-0.25, -0.2) is 5.43 Å². The maximum atomic E-state index is 10.6. The second-order valence-corrected chi connectivity index (χ2v) is 3.15. The van der Waals surface area contributed by atoms with E-state index in [2.05, 4.69) is 10.9 Å². The largest absolute Gasteiger partial charge is 0.394 e. The SMILES string of the molecule is NC(=O)CC[C@@H](C=O)NNCCOCCO. The van der Waals surface area contributed by atoms with E-state index in [4.69, 9.17) is 15.6 Å². The van der Waals surface area contributed by atoms with Gasteiger partial charge in [-0.3, -0.25) is 10.2 Å². The monoisotopic (exact) mass is 233 g/mol. The zero-order valence-corrected chi connectivity index (χ0v) is 9.15. The highest BCUT2D eigenvalue weighted by Crippen LogP contribution is 1.92. The fourth-order valence-corrected chi connectivity index (χ4v) is 0.965. The molecular weight excluding hydrogens is 214 g/mol. The predicted molar refractivity (Wildman–Crippen MR) is 57.3 cm³/mol. The summed E-state index contributed by atoms with van der Waals surface area (Å²) in [5, 5.41) is 8.42. The van der Waals surface area contributed by atoms with E-state index in [0.29, 0.717) is 32.5 Å². The lowest BCUT2D eigenvalue weighted by molar-refractivity contribution is -0.118. The summed E-state index contributed by atoms with van der Waals surface area (Å²) in [5.74, 6) is -0.431. The van der Waals surface area contributed by atoms with Crippen LogP contribution < -0.4 is 16.6 Å². The van der Waals surface area contributed by atoms with Crippen LogP contribution in [0.2, 0.25) is 0 Å². The lowest BCUT2D eigenvalue weighted by Crippen LogP contribution is -2.43. The Kier molecular flexibility index (Phi) is 9.83. The standard InChI is InChI=1S/C9H19N3O4/c10-9(15)2-1-8(7-14)12-11-3-5-16-6-4-13/h7-8,11-13H,1-6H2,(H2,10,15)/t8-/m0/s1. The summed E-state index contributed by atoms with van der Waals surface area (Å²) in [6, 6.07) is -0.439. The van der Waals surface area contributed by atoms with Gasteiger partial charge >= 0.3 is 0 Å². The van der Waals surface area contributed by atoms with Gasteiger partial charge in [0.15, 0.2) is 0 Å². The average molecular weight is 233 g/mol. The zero-order chi connectivity index (χ0) is 12.2. The summed E-state index contributed by atoms with van der Waals surface area (Å²) in [6.07, 6.45) is 1.24. The van der Waals surface area contributed by atoms with Crippen molar-refractivity contribution >= 4 is 12.2 Å². The first kappa shape index (κ1) is 15.0. The van der Waals surface area contributed by atoms with Gasteiger partial charge in [0, 0.05) is 13.0 Å². The number of ether oxygens (including phenoxy) is 1. The predicted octanol–water partition coefficient (Wildman–Crippen LogP) is -2.08. The average Bonchev–Trinajstić information content (AvgIpc) is 2.27. The second kappa shape index (κ2) is 10.5. The fraction of sp³-hybridized carbons (Fsp3) is 0.778. The molecule has 0 aromatic rings. The highest BCUT2D eigenvalue weighted by Gasteiger charge is 2.07. The summed E-state index contributed by atoms with van der Waals surface area (Å²) in [4.78, 5) is 21.0. The highest BCUT2D eigenvalue weighted by atomic mass is 16.5. The van der Waals surface area contributed by atoms with E-state index in [1.165, 1.54) is 0 Å². The number of aldehydes is 1. The van der Waals surface area contributed by atoms with Gasteiger partial charge in [0.05, 0.1) is 25.9 Å². The topological polar surface area (TPSA) is 114 Å². The third-order valence-electron chi connectivity index (χ3n) is 1.76. The molecule has 0 radical (unpaired) electrons. The molecule has 7 heteroatoms. The van der Waals surface area contributed by atoms with Crippen molar-refractivity contribution in [1.82, 2.24) is 10.9 Å². The summed E-state index contributed by atoms with van der Waals surface area (Å²) < 4.78 is 4.98. The molecule has 16 heavy (non-hydrogen) atoms. The molecule has 0 unspecified atom stereocenters. The number of carbonyl (C=O) groups is 2. The minimum absolute atomic E-state index is 0.0109. The zero-order valence-electron chi connectivity index (χ0n) is 9.15. The summed E-state index contributed by atoms with van der Waals surface area (Å²) >= 11 is 0. The number of hydrogen-bond acceptors (Lipinski definition) is 6. The molecule has 7 nitrogen and oxygen atoms in total. The molecule has 94 valence electrons. The van der Waals surface area contributed by atoms with Crippen molar-refractivity contribution in [2.75, 3.05) is 26.4 Å². The van der Waals surface area contributed by atoms with Crippen LogP contribution in [0.4, 0.5) is 0 Å². The number of nitrogens with two attached hydrogens (primary N) is 1. The van der Waals surface area contributed by atoms with Crippen molar-refractivity contribution in [3.05, 3.63) is 0 Å². The molecule has 0 aliphatic heterocycles. The minimum Gasteiger partial charge on any atom is -0.394 e. The van der Waals surface area contributed by atoms with Crippen LogP contribution in [0.25, 0.3) is 0 Å². The number of aliphatic hydroxyl groups excluding tert-OH is 1.